The molecule has 3 nitrogen and oxygen atoms in total. The Labute approximate surface area is 158 Å². The highest BCUT2D eigenvalue weighted by Gasteiger charge is 2.00. The first-order valence-corrected chi connectivity index (χ1v) is 8.87. The van der Waals surface area contributed by atoms with E-state index in [9.17, 15) is 0 Å². The number of aromatic amines is 1. The number of nitrogens with one attached hydrogen (secondary N) is 1. The molecule has 0 saturated carbocycles. The first-order chi connectivity index (χ1) is 13.4. The Balaban J connectivity index is 0.000000134. The summed E-state index contributed by atoms with van der Waals surface area (Å²) >= 11 is 0. The molecule has 0 aliphatic rings. The molecule has 0 fully saturated rings. The Morgan fingerprint density at radius 1 is 0.407 bits per heavy atom. The third kappa shape index (κ3) is 4.10. The van der Waals surface area contributed by atoms with Gasteiger partial charge in [-0.3, -0.25) is 0 Å². The van der Waals surface area contributed by atoms with E-state index >= 15 is 0 Å². The zero-order valence-electron chi connectivity index (χ0n) is 14.8. The van der Waals surface area contributed by atoms with Crippen LogP contribution in [0.4, 0.5) is 11.4 Å². The Hall–Kier alpha value is -3.72. The molecule has 0 unspecified atom stereocenters. The van der Waals surface area contributed by atoms with E-state index < -0.39 is 0 Å². The topological polar surface area (TPSA) is 40.5 Å². The van der Waals surface area contributed by atoms with E-state index in [0.29, 0.717) is 0 Å². The Bertz CT molecular complexity index is 1070. The molecule has 0 aliphatic carbocycles. The average Bonchev–Trinajstić information content (AvgIpc) is 3.13. The predicted octanol–water partition coefficient (Wildman–Crippen LogP) is 7.42. The van der Waals surface area contributed by atoms with E-state index in [-0.39, 0.29) is 0 Å². The van der Waals surface area contributed by atoms with Gasteiger partial charge in [-0.15, -0.1) is 0 Å². The molecule has 0 saturated heterocycles. The van der Waals surface area contributed by atoms with Gasteiger partial charge >= 0.3 is 0 Å². The van der Waals surface area contributed by atoms with Crippen LogP contribution in [-0.4, -0.2) is 4.98 Å². The molecule has 1 N–H and O–H groups in total. The summed E-state index contributed by atoms with van der Waals surface area (Å²) in [6, 6.07) is 36.1. The first kappa shape index (κ1) is 16.7. The van der Waals surface area contributed by atoms with Crippen molar-refractivity contribution in [1.82, 2.24) is 4.98 Å². The number of fused-ring (bicyclic) bond motifs is 3. The van der Waals surface area contributed by atoms with Crippen molar-refractivity contribution >= 4 is 33.2 Å². The number of hydrogen-bond donors (Lipinski definition) is 1. The summed E-state index contributed by atoms with van der Waals surface area (Å²) in [5.74, 6) is 0. The molecule has 0 aliphatic heterocycles. The molecule has 5 aromatic rings. The monoisotopic (exact) mass is 349 g/mol. The number of H-pyrrole nitrogens is 1. The van der Waals surface area contributed by atoms with Crippen molar-refractivity contribution in [2.75, 3.05) is 0 Å². The van der Waals surface area contributed by atoms with Crippen molar-refractivity contribution < 1.29 is 0 Å². The normalized spacial score (nSPS) is 10.8. The predicted molar refractivity (Wildman–Crippen MR) is 113 cm³/mol. The minimum Gasteiger partial charge on any atom is -0.355 e. The lowest BCUT2D eigenvalue weighted by atomic mass is 10.2. The first-order valence-electron chi connectivity index (χ1n) is 8.87. The van der Waals surface area contributed by atoms with E-state index in [4.69, 9.17) is 0 Å². The highest BCUT2D eigenvalue weighted by atomic mass is 15.1. The summed E-state index contributed by atoms with van der Waals surface area (Å²) in [5, 5.41) is 10.8. The minimum absolute atomic E-state index is 0.872. The maximum absolute atomic E-state index is 4.10. The fourth-order valence-corrected chi connectivity index (χ4v) is 2.90. The van der Waals surface area contributed by atoms with Crippen LogP contribution < -0.4 is 0 Å². The molecule has 1 aromatic heterocycles. The van der Waals surface area contributed by atoms with Gasteiger partial charge in [0.15, 0.2) is 0 Å². The number of nitrogens with zero attached hydrogens (tertiary/aromatic N) is 2. The molecule has 1 heterocycles. The minimum atomic E-state index is 0.872. The number of azo groups is 1. The van der Waals surface area contributed by atoms with Gasteiger partial charge in [-0.05, 0) is 36.4 Å². The van der Waals surface area contributed by atoms with Crippen LogP contribution in [0.15, 0.2) is 119 Å². The third-order valence-electron chi connectivity index (χ3n) is 4.21. The summed E-state index contributed by atoms with van der Waals surface area (Å²) in [6.45, 7) is 0. The summed E-state index contributed by atoms with van der Waals surface area (Å²) in [7, 11) is 0. The zero-order valence-corrected chi connectivity index (χ0v) is 14.8. The number of rotatable bonds is 2. The highest BCUT2D eigenvalue weighted by molar-refractivity contribution is 6.06. The van der Waals surface area contributed by atoms with E-state index in [1.807, 2.05) is 60.7 Å². The van der Waals surface area contributed by atoms with Gasteiger partial charge < -0.3 is 4.98 Å². The lowest BCUT2D eigenvalue weighted by molar-refractivity contribution is 1.23. The molecule has 0 atom stereocenters. The molecule has 3 heteroatoms. The van der Waals surface area contributed by atoms with Crippen LogP contribution in [0, 0.1) is 0 Å². The largest absolute Gasteiger partial charge is 0.355 e. The molecular formula is C24H19N3. The van der Waals surface area contributed by atoms with Crippen LogP contribution in [0.1, 0.15) is 0 Å². The van der Waals surface area contributed by atoms with Crippen LogP contribution >= 0.6 is 0 Å². The zero-order chi connectivity index (χ0) is 18.3. The molecule has 0 radical (unpaired) electrons. The van der Waals surface area contributed by atoms with Crippen LogP contribution in [0.25, 0.3) is 21.8 Å². The van der Waals surface area contributed by atoms with Crippen molar-refractivity contribution in [2.24, 2.45) is 10.2 Å². The van der Waals surface area contributed by atoms with Gasteiger partial charge in [-0.1, -0.05) is 72.8 Å². The Kier molecular flexibility index (Phi) is 5.02. The third-order valence-corrected chi connectivity index (χ3v) is 4.21. The Morgan fingerprint density at radius 3 is 1.22 bits per heavy atom. The van der Waals surface area contributed by atoms with E-state index in [1.54, 1.807) is 0 Å². The SMILES string of the molecule is c1ccc(/N=N/c2ccccc2)cc1.c1ccc2c(c1)[nH]c1ccccc12. The van der Waals surface area contributed by atoms with E-state index in [2.05, 4.69) is 63.7 Å². The summed E-state index contributed by atoms with van der Waals surface area (Å²) in [6.07, 6.45) is 0. The average molecular weight is 349 g/mol. The fraction of sp³-hybridized carbons (Fsp3) is 0. The van der Waals surface area contributed by atoms with Gasteiger partial charge in [0.2, 0.25) is 0 Å². The molecule has 27 heavy (non-hydrogen) atoms. The van der Waals surface area contributed by atoms with Crippen LogP contribution in [0.3, 0.4) is 0 Å². The van der Waals surface area contributed by atoms with Crippen LogP contribution in [0.5, 0.6) is 0 Å². The Morgan fingerprint density at radius 2 is 0.778 bits per heavy atom. The molecule has 0 bridgehead atoms. The van der Waals surface area contributed by atoms with Gasteiger partial charge in [0.1, 0.15) is 0 Å². The molecule has 0 amide bonds. The lowest BCUT2D eigenvalue weighted by Crippen LogP contribution is -1.62. The highest BCUT2D eigenvalue weighted by Crippen LogP contribution is 2.24. The second-order valence-corrected chi connectivity index (χ2v) is 6.09. The lowest BCUT2D eigenvalue weighted by Gasteiger charge is -1.91. The summed E-state index contributed by atoms with van der Waals surface area (Å²) in [5.41, 5.74) is 4.17. The number of hydrogen-bond acceptors (Lipinski definition) is 2. The molecule has 0 spiro atoms. The van der Waals surface area contributed by atoms with Crippen molar-refractivity contribution in [3.63, 3.8) is 0 Å². The molecule has 130 valence electrons. The van der Waals surface area contributed by atoms with Gasteiger partial charge in [0.05, 0.1) is 11.4 Å². The van der Waals surface area contributed by atoms with Crippen LogP contribution in [0.2, 0.25) is 0 Å². The van der Waals surface area contributed by atoms with Crippen molar-refractivity contribution in [3.8, 4) is 0 Å². The van der Waals surface area contributed by atoms with Gasteiger partial charge in [0, 0.05) is 21.8 Å². The van der Waals surface area contributed by atoms with Crippen molar-refractivity contribution in [1.29, 1.82) is 0 Å². The van der Waals surface area contributed by atoms with Crippen LogP contribution in [-0.2, 0) is 0 Å². The summed E-state index contributed by atoms with van der Waals surface area (Å²) < 4.78 is 0. The van der Waals surface area contributed by atoms with Gasteiger partial charge in [-0.2, -0.15) is 10.2 Å². The second kappa shape index (κ2) is 8.11. The summed E-state index contributed by atoms with van der Waals surface area (Å²) in [4.78, 5) is 3.38. The fourth-order valence-electron chi connectivity index (χ4n) is 2.90. The second-order valence-electron chi connectivity index (χ2n) is 6.09. The standard InChI is InChI=1S/C12H10N2.C12H9N/c1-3-7-11(8-4-1)13-14-12-9-5-2-6-10-12;1-3-7-11-9(5-1)10-6-2-4-8-12(10)13-11/h1-10H;1-8,13H/b14-13+;. The van der Waals surface area contributed by atoms with Gasteiger partial charge in [-0.25, -0.2) is 0 Å². The van der Waals surface area contributed by atoms with Gasteiger partial charge in [0.25, 0.3) is 0 Å². The molecular weight excluding hydrogens is 330 g/mol. The number of benzene rings is 4. The maximum atomic E-state index is 4.10. The number of para-hydroxylation sites is 2. The van der Waals surface area contributed by atoms with Crippen molar-refractivity contribution in [2.45, 2.75) is 0 Å². The quantitative estimate of drug-likeness (QED) is 0.322. The van der Waals surface area contributed by atoms with E-state index in [0.717, 1.165) is 11.4 Å². The van der Waals surface area contributed by atoms with E-state index in [1.165, 1.54) is 21.8 Å². The number of aromatic nitrogens is 1. The molecule has 5 rings (SSSR count). The molecule has 4 aromatic carbocycles. The van der Waals surface area contributed by atoms with Crippen molar-refractivity contribution in [3.05, 3.63) is 109 Å². The maximum Gasteiger partial charge on any atom is 0.0857 e. The smallest absolute Gasteiger partial charge is 0.0857 e.